The number of hydrogen-bond acceptors (Lipinski definition) is 5. The number of amides is 1. The van der Waals surface area contributed by atoms with Gasteiger partial charge in [0.05, 0.1) is 11.4 Å². The van der Waals surface area contributed by atoms with Gasteiger partial charge in [-0.3, -0.25) is 4.40 Å². The van der Waals surface area contributed by atoms with Crippen LogP contribution >= 0.6 is 11.3 Å². The van der Waals surface area contributed by atoms with Crippen LogP contribution in [0.15, 0.2) is 11.6 Å². The van der Waals surface area contributed by atoms with Gasteiger partial charge in [0.25, 0.3) is 0 Å². The van der Waals surface area contributed by atoms with Crippen LogP contribution in [0.1, 0.15) is 45.5 Å². The van der Waals surface area contributed by atoms with Crippen molar-refractivity contribution in [3.63, 3.8) is 0 Å². The first kappa shape index (κ1) is 17.7. The van der Waals surface area contributed by atoms with Crippen molar-refractivity contribution >= 4 is 22.4 Å². The van der Waals surface area contributed by atoms with E-state index in [2.05, 4.69) is 20.0 Å². The van der Waals surface area contributed by atoms with Crippen LogP contribution < -0.4 is 10.6 Å². The van der Waals surface area contributed by atoms with Crippen LogP contribution in [0, 0.1) is 6.92 Å². The number of aromatic nitrogens is 2. The summed E-state index contributed by atoms with van der Waals surface area (Å²) in [5, 5.41) is 8.34. The van der Waals surface area contributed by atoms with Crippen molar-refractivity contribution in [3.8, 4) is 0 Å². The molecule has 0 saturated carbocycles. The first-order valence-electron chi connectivity index (χ1n) is 7.91. The topological polar surface area (TPSA) is 67.7 Å². The van der Waals surface area contributed by atoms with E-state index >= 15 is 0 Å². The largest absolute Gasteiger partial charge is 0.444 e. The quantitative estimate of drug-likeness (QED) is 0.849. The molecule has 0 aliphatic rings. The maximum atomic E-state index is 11.8. The smallest absolute Gasteiger partial charge is 0.407 e. The minimum absolute atomic E-state index is 0.0380. The number of imidazole rings is 1. The molecule has 0 aromatic carbocycles. The highest BCUT2D eigenvalue weighted by Crippen LogP contribution is 2.16. The minimum atomic E-state index is -0.477. The summed E-state index contributed by atoms with van der Waals surface area (Å²) in [7, 11) is 0. The molecule has 6 nitrogen and oxygen atoms in total. The second kappa shape index (κ2) is 7.31. The normalized spacial score (nSPS) is 13.3. The van der Waals surface area contributed by atoms with Gasteiger partial charge in [-0.15, -0.1) is 11.3 Å². The van der Waals surface area contributed by atoms with E-state index in [9.17, 15) is 4.79 Å². The van der Waals surface area contributed by atoms with E-state index in [0.717, 1.165) is 29.3 Å². The van der Waals surface area contributed by atoms with Crippen molar-refractivity contribution in [2.24, 2.45) is 0 Å². The van der Waals surface area contributed by atoms with E-state index in [4.69, 9.17) is 4.74 Å². The van der Waals surface area contributed by atoms with Gasteiger partial charge in [0.1, 0.15) is 5.60 Å². The molecule has 1 unspecified atom stereocenters. The zero-order chi connectivity index (χ0) is 17.0. The zero-order valence-electron chi connectivity index (χ0n) is 14.5. The molecule has 128 valence electrons. The highest BCUT2D eigenvalue weighted by molar-refractivity contribution is 7.15. The molecule has 2 rings (SSSR count). The summed E-state index contributed by atoms with van der Waals surface area (Å²) in [5.74, 6) is 0. The third-order valence-corrected chi connectivity index (χ3v) is 4.21. The van der Waals surface area contributed by atoms with E-state index in [1.54, 1.807) is 11.3 Å². The van der Waals surface area contributed by atoms with E-state index < -0.39 is 5.60 Å². The number of ether oxygens (including phenoxy) is 1. The summed E-state index contributed by atoms with van der Waals surface area (Å²) in [4.78, 5) is 17.4. The van der Waals surface area contributed by atoms with Crippen LogP contribution in [0.3, 0.4) is 0 Å². The molecule has 2 heterocycles. The number of rotatable bonds is 6. The van der Waals surface area contributed by atoms with E-state index in [0.29, 0.717) is 6.54 Å². The number of thiazole rings is 1. The summed E-state index contributed by atoms with van der Waals surface area (Å²) in [5.41, 5.74) is 1.72. The van der Waals surface area contributed by atoms with Crippen LogP contribution in [-0.4, -0.2) is 33.7 Å². The standard InChI is InChI=1S/C16H26N4O2S/c1-6-12(19-15(21)22-16(3,4)5)9-17-10-13-11(2)18-14-20(13)7-8-23-14/h7-8,12,17H,6,9-10H2,1-5H3,(H,19,21). The second-order valence-electron chi connectivity index (χ2n) is 6.58. The molecule has 0 aliphatic heterocycles. The molecule has 0 fully saturated rings. The summed E-state index contributed by atoms with van der Waals surface area (Å²) >= 11 is 1.63. The lowest BCUT2D eigenvalue weighted by Gasteiger charge is -2.23. The minimum Gasteiger partial charge on any atom is -0.444 e. The number of carbonyl (C=O) groups is 1. The van der Waals surface area contributed by atoms with Gasteiger partial charge in [-0.05, 0) is 34.1 Å². The van der Waals surface area contributed by atoms with E-state index in [1.165, 1.54) is 0 Å². The van der Waals surface area contributed by atoms with E-state index in [-0.39, 0.29) is 12.1 Å². The van der Waals surface area contributed by atoms with Gasteiger partial charge in [-0.2, -0.15) is 0 Å². The van der Waals surface area contributed by atoms with Gasteiger partial charge in [-0.25, -0.2) is 9.78 Å². The lowest BCUT2D eigenvalue weighted by atomic mass is 10.2. The van der Waals surface area contributed by atoms with Gasteiger partial charge in [0.2, 0.25) is 0 Å². The van der Waals surface area contributed by atoms with Crippen LogP contribution in [0.2, 0.25) is 0 Å². The van der Waals surface area contributed by atoms with Gasteiger partial charge in [0, 0.05) is 30.7 Å². The number of fused-ring (bicyclic) bond motifs is 1. The summed E-state index contributed by atoms with van der Waals surface area (Å²) in [6.45, 7) is 11.1. The Morgan fingerprint density at radius 2 is 2.22 bits per heavy atom. The molecule has 0 radical (unpaired) electrons. The monoisotopic (exact) mass is 338 g/mol. The van der Waals surface area contributed by atoms with Crippen LogP contribution in [0.5, 0.6) is 0 Å². The van der Waals surface area contributed by atoms with Crippen molar-refractivity contribution in [2.75, 3.05) is 6.54 Å². The van der Waals surface area contributed by atoms with Gasteiger partial charge in [0.15, 0.2) is 4.96 Å². The molecule has 0 spiro atoms. The van der Waals surface area contributed by atoms with Gasteiger partial charge >= 0.3 is 6.09 Å². The van der Waals surface area contributed by atoms with Crippen LogP contribution in [0.4, 0.5) is 4.79 Å². The lowest BCUT2D eigenvalue weighted by Crippen LogP contribution is -2.43. The molecular formula is C16H26N4O2S. The maximum Gasteiger partial charge on any atom is 0.407 e. The van der Waals surface area contributed by atoms with Crippen LogP contribution in [-0.2, 0) is 11.3 Å². The highest BCUT2D eigenvalue weighted by Gasteiger charge is 2.18. The number of hydrogen-bond donors (Lipinski definition) is 2. The predicted octanol–water partition coefficient (Wildman–Crippen LogP) is 3.10. The Labute approximate surface area is 141 Å². The summed E-state index contributed by atoms with van der Waals surface area (Å²) < 4.78 is 7.40. The zero-order valence-corrected chi connectivity index (χ0v) is 15.3. The molecule has 0 aliphatic carbocycles. The molecule has 7 heteroatoms. The number of carbonyl (C=O) groups excluding carboxylic acids is 1. The molecule has 0 saturated heterocycles. The lowest BCUT2D eigenvalue weighted by molar-refractivity contribution is 0.0502. The fraction of sp³-hybridized carbons (Fsp3) is 0.625. The first-order valence-corrected chi connectivity index (χ1v) is 8.79. The second-order valence-corrected chi connectivity index (χ2v) is 7.45. The molecule has 1 atom stereocenters. The molecular weight excluding hydrogens is 312 g/mol. The average molecular weight is 338 g/mol. The first-order chi connectivity index (χ1) is 10.8. The predicted molar refractivity (Wildman–Crippen MR) is 93.0 cm³/mol. The average Bonchev–Trinajstić information content (AvgIpc) is 2.97. The number of alkyl carbamates (subject to hydrolysis) is 1. The highest BCUT2D eigenvalue weighted by atomic mass is 32.1. The van der Waals surface area contributed by atoms with Crippen molar-refractivity contribution < 1.29 is 9.53 Å². The molecule has 2 N–H and O–H groups in total. The number of nitrogens with zero attached hydrogens (tertiary/aromatic N) is 2. The Balaban J connectivity index is 1.85. The van der Waals surface area contributed by atoms with Crippen LogP contribution in [0.25, 0.3) is 4.96 Å². The number of nitrogens with one attached hydrogen (secondary N) is 2. The number of aryl methyl sites for hydroxylation is 1. The molecule has 0 bridgehead atoms. The van der Waals surface area contributed by atoms with Gasteiger partial charge < -0.3 is 15.4 Å². The molecule has 23 heavy (non-hydrogen) atoms. The van der Waals surface area contributed by atoms with Gasteiger partial charge in [-0.1, -0.05) is 6.92 Å². The van der Waals surface area contributed by atoms with E-state index in [1.807, 2.05) is 46.2 Å². The Kier molecular flexibility index (Phi) is 5.64. The third-order valence-electron chi connectivity index (χ3n) is 3.46. The summed E-state index contributed by atoms with van der Waals surface area (Å²) in [6.07, 6.45) is 2.51. The Morgan fingerprint density at radius 1 is 1.48 bits per heavy atom. The maximum absolute atomic E-state index is 11.8. The fourth-order valence-corrected chi connectivity index (χ4v) is 3.07. The molecule has 2 aromatic rings. The summed E-state index contributed by atoms with van der Waals surface area (Å²) in [6, 6.07) is 0.0380. The molecule has 1 amide bonds. The Morgan fingerprint density at radius 3 is 2.87 bits per heavy atom. The SMILES string of the molecule is CCC(CNCc1c(C)nc2sccn12)NC(=O)OC(C)(C)C. The third kappa shape index (κ3) is 4.94. The Bertz CT molecular complexity index is 657. The van der Waals surface area contributed by atoms with Crippen molar-refractivity contribution in [1.29, 1.82) is 0 Å². The fourth-order valence-electron chi connectivity index (χ4n) is 2.29. The van der Waals surface area contributed by atoms with Crippen molar-refractivity contribution in [3.05, 3.63) is 23.0 Å². The van der Waals surface area contributed by atoms with Crippen molar-refractivity contribution in [1.82, 2.24) is 20.0 Å². The Hall–Kier alpha value is -1.60. The molecule has 2 aromatic heterocycles. The van der Waals surface area contributed by atoms with Crippen molar-refractivity contribution in [2.45, 2.75) is 59.2 Å².